The van der Waals surface area contributed by atoms with E-state index in [2.05, 4.69) is 5.32 Å². The van der Waals surface area contributed by atoms with E-state index in [0.717, 1.165) is 22.6 Å². The first-order valence-electron chi connectivity index (χ1n) is 7.27. The third kappa shape index (κ3) is 4.81. The molecule has 4 nitrogen and oxygen atoms in total. The second-order valence-electron chi connectivity index (χ2n) is 5.00. The van der Waals surface area contributed by atoms with Gasteiger partial charge in [-0.15, -0.1) is 0 Å². The zero-order chi connectivity index (χ0) is 15.8. The van der Waals surface area contributed by atoms with E-state index in [0.29, 0.717) is 19.6 Å². The smallest absolute Gasteiger partial charge is 0.223 e. The van der Waals surface area contributed by atoms with Gasteiger partial charge in [-0.1, -0.05) is 35.9 Å². The molecular weight excluding hydrogens is 278 g/mol. The van der Waals surface area contributed by atoms with Gasteiger partial charge in [0.2, 0.25) is 5.91 Å². The van der Waals surface area contributed by atoms with Crippen LogP contribution < -0.4 is 14.8 Å². The van der Waals surface area contributed by atoms with Crippen LogP contribution in [0.3, 0.4) is 0 Å². The van der Waals surface area contributed by atoms with Gasteiger partial charge in [-0.2, -0.15) is 0 Å². The molecular formula is C18H21NO3. The summed E-state index contributed by atoms with van der Waals surface area (Å²) in [5.41, 5.74) is 2.11. The second-order valence-corrected chi connectivity index (χ2v) is 5.00. The minimum Gasteiger partial charge on any atom is -0.496 e. The quantitative estimate of drug-likeness (QED) is 0.854. The summed E-state index contributed by atoms with van der Waals surface area (Å²) in [6.45, 7) is 2.83. The van der Waals surface area contributed by atoms with Gasteiger partial charge in [-0.3, -0.25) is 4.79 Å². The molecule has 0 spiro atoms. The Morgan fingerprint density at radius 3 is 2.64 bits per heavy atom. The summed E-state index contributed by atoms with van der Waals surface area (Å²) in [7, 11) is 1.63. The molecule has 0 aliphatic carbocycles. The fraction of sp³-hybridized carbons (Fsp3) is 0.278. The van der Waals surface area contributed by atoms with Crippen molar-refractivity contribution in [3.8, 4) is 11.5 Å². The molecule has 0 saturated heterocycles. The normalized spacial score (nSPS) is 10.1. The van der Waals surface area contributed by atoms with Crippen LogP contribution in [0.2, 0.25) is 0 Å². The molecule has 0 bridgehead atoms. The molecule has 0 atom stereocenters. The van der Waals surface area contributed by atoms with Crippen molar-refractivity contribution < 1.29 is 14.3 Å². The summed E-state index contributed by atoms with van der Waals surface area (Å²) < 4.78 is 10.8. The van der Waals surface area contributed by atoms with Gasteiger partial charge in [-0.05, 0) is 25.1 Å². The number of hydrogen-bond donors (Lipinski definition) is 1. The lowest BCUT2D eigenvalue weighted by molar-refractivity contribution is -0.121. The van der Waals surface area contributed by atoms with Gasteiger partial charge in [0.15, 0.2) is 0 Å². The summed E-state index contributed by atoms with van der Waals surface area (Å²) >= 11 is 0. The summed E-state index contributed by atoms with van der Waals surface area (Å²) in [5, 5.41) is 2.89. The van der Waals surface area contributed by atoms with Gasteiger partial charge in [0.05, 0.1) is 20.1 Å². The fourth-order valence-corrected chi connectivity index (χ4v) is 2.11. The second kappa shape index (κ2) is 8.08. The van der Waals surface area contributed by atoms with Crippen LogP contribution in [0, 0.1) is 6.92 Å². The zero-order valence-electron chi connectivity index (χ0n) is 13.0. The minimum atomic E-state index is -0.0421. The molecule has 0 fully saturated rings. The number of para-hydroxylation sites is 1. The minimum absolute atomic E-state index is 0.0421. The largest absolute Gasteiger partial charge is 0.496 e. The van der Waals surface area contributed by atoms with Crippen molar-refractivity contribution in [3.05, 3.63) is 59.7 Å². The highest BCUT2D eigenvalue weighted by Crippen LogP contribution is 2.19. The molecule has 116 valence electrons. The van der Waals surface area contributed by atoms with Crippen molar-refractivity contribution in [2.24, 2.45) is 0 Å². The monoisotopic (exact) mass is 299 g/mol. The Kier molecular flexibility index (Phi) is 5.83. The number of amides is 1. The Hall–Kier alpha value is -2.49. The van der Waals surface area contributed by atoms with Crippen molar-refractivity contribution >= 4 is 5.91 Å². The Bertz CT molecular complexity index is 611. The maximum Gasteiger partial charge on any atom is 0.223 e. The van der Waals surface area contributed by atoms with E-state index < -0.39 is 0 Å². The summed E-state index contributed by atoms with van der Waals surface area (Å²) in [4.78, 5) is 11.9. The van der Waals surface area contributed by atoms with E-state index in [-0.39, 0.29) is 5.91 Å². The molecule has 22 heavy (non-hydrogen) atoms. The van der Waals surface area contributed by atoms with E-state index in [4.69, 9.17) is 9.47 Å². The first-order valence-corrected chi connectivity index (χ1v) is 7.27. The van der Waals surface area contributed by atoms with E-state index in [1.165, 1.54) is 0 Å². The van der Waals surface area contributed by atoms with Crippen LogP contribution in [-0.4, -0.2) is 19.6 Å². The predicted octanol–water partition coefficient (Wildman–Crippen LogP) is 3.09. The molecule has 1 N–H and O–H groups in total. The van der Waals surface area contributed by atoms with E-state index >= 15 is 0 Å². The van der Waals surface area contributed by atoms with Crippen LogP contribution in [0.25, 0.3) is 0 Å². The van der Waals surface area contributed by atoms with Crippen molar-refractivity contribution in [2.45, 2.75) is 19.9 Å². The van der Waals surface area contributed by atoms with Crippen LogP contribution in [0.15, 0.2) is 48.5 Å². The lowest BCUT2D eigenvalue weighted by Gasteiger charge is -2.11. The molecule has 0 aliphatic heterocycles. The molecule has 0 aliphatic rings. The highest BCUT2D eigenvalue weighted by Gasteiger charge is 2.06. The molecule has 0 saturated carbocycles. The van der Waals surface area contributed by atoms with Gasteiger partial charge >= 0.3 is 0 Å². The zero-order valence-corrected chi connectivity index (χ0v) is 13.0. The van der Waals surface area contributed by atoms with Gasteiger partial charge in [-0.25, -0.2) is 0 Å². The Balaban J connectivity index is 1.77. The number of ether oxygens (including phenoxy) is 2. The topological polar surface area (TPSA) is 47.6 Å². The molecule has 0 radical (unpaired) electrons. The van der Waals surface area contributed by atoms with E-state index in [1.807, 2.05) is 55.5 Å². The number of carbonyl (C=O) groups is 1. The number of hydrogen-bond acceptors (Lipinski definition) is 3. The highest BCUT2D eigenvalue weighted by molar-refractivity contribution is 5.76. The molecule has 2 aromatic rings. The van der Waals surface area contributed by atoms with Gasteiger partial charge in [0.1, 0.15) is 11.5 Å². The lowest BCUT2D eigenvalue weighted by Crippen LogP contribution is -2.24. The molecule has 0 heterocycles. The molecule has 4 heteroatoms. The van der Waals surface area contributed by atoms with Gasteiger partial charge < -0.3 is 14.8 Å². The molecule has 2 aromatic carbocycles. The number of aryl methyl sites for hydroxylation is 1. The van der Waals surface area contributed by atoms with Gasteiger partial charge in [0, 0.05) is 12.1 Å². The number of carbonyl (C=O) groups excluding carboxylic acids is 1. The molecule has 1 amide bonds. The summed E-state index contributed by atoms with van der Waals surface area (Å²) in [6, 6.07) is 15.4. The van der Waals surface area contributed by atoms with E-state index in [9.17, 15) is 4.79 Å². The number of rotatable bonds is 7. The number of methoxy groups -OCH3 is 1. The van der Waals surface area contributed by atoms with Crippen molar-refractivity contribution in [3.63, 3.8) is 0 Å². The first-order chi connectivity index (χ1) is 10.7. The molecule has 0 aromatic heterocycles. The molecule has 2 rings (SSSR count). The standard InChI is InChI=1S/C18H21NO3/c1-14-8-9-17(21-2)15(12-14)13-19-18(20)10-11-22-16-6-4-3-5-7-16/h3-9,12H,10-11,13H2,1-2H3,(H,19,20). The van der Waals surface area contributed by atoms with Crippen LogP contribution in [0.5, 0.6) is 11.5 Å². The average molecular weight is 299 g/mol. The van der Waals surface area contributed by atoms with Crippen LogP contribution >= 0.6 is 0 Å². The Labute approximate surface area is 131 Å². The lowest BCUT2D eigenvalue weighted by atomic mass is 10.1. The number of nitrogens with one attached hydrogen (secondary N) is 1. The van der Waals surface area contributed by atoms with Crippen LogP contribution in [-0.2, 0) is 11.3 Å². The Morgan fingerprint density at radius 1 is 1.14 bits per heavy atom. The third-order valence-corrected chi connectivity index (χ3v) is 3.25. The third-order valence-electron chi connectivity index (χ3n) is 3.25. The predicted molar refractivity (Wildman–Crippen MR) is 86.1 cm³/mol. The van der Waals surface area contributed by atoms with Crippen LogP contribution in [0.4, 0.5) is 0 Å². The summed E-state index contributed by atoms with van der Waals surface area (Å²) in [5.74, 6) is 1.52. The average Bonchev–Trinajstić information content (AvgIpc) is 2.54. The van der Waals surface area contributed by atoms with Crippen molar-refractivity contribution in [1.29, 1.82) is 0 Å². The van der Waals surface area contributed by atoms with Crippen molar-refractivity contribution in [2.75, 3.05) is 13.7 Å². The first kappa shape index (κ1) is 15.9. The summed E-state index contributed by atoms with van der Waals surface area (Å²) in [6.07, 6.45) is 0.322. The highest BCUT2D eigenvalue weighted by atomic mass is 16.5. The van der Waals surface area contributed by atoms with Gasteiger partial charge in [0.25, 0.3) is 0 Å². The fourth-order valence-electron chi connectivity index (χ4n) is 2.11. The SMILES string of the molecule is COc1ccc(C)cc1CNC(=O)CCOc1ccccc1. The maximum atomic E-state index is 11.9. The molecule has 0 unspecified atom stereocenters. The van der Waals surface area contributed by atoms with Crippen LogP contribution in [0.1, 0.15) is 17.5 Å². The number of benzene rings is 2. The Morgan fingerprint density at radius 2 is 1.91 bits per heavy atom. The van der Waals surface area contributed by atoms with Crippen molar-refractivity contribution in [1.82, 2.24) is 5.32 Å². The van der Waals surface area contributed by atoms with E-state index in [1.54, 1.807) is 7.11 Å². The maximum absolute atomic E-state index is 11.9.